The summed E-state index contributed by atoms with van der Waals surface area (Å²) in [6.45, 7) is 3.92. The molecule has 4 nitrogen and oxygen atoms in total. The first-order valence-electron chi connectivity index (χ1n) is 5.77. The minimum absolute atomic E-state index is 0.246. The molecule has 0 bridgehead atoms. The number of hydrogen-bond donors (Lipinski definition) is 1. The molecule has 1 heterocycles. The standard InChI is InChI=1S/C13H16FN3O/c1-13(2,15-3)12-16-11(17-18-12)8-9-4-6-10(14)7-5-9/h4-7,15H,8H2,1-3H3. The molecule has 0 fully saturated rings. The van der Waals surface area contributed by atoms with Crippen LogP contribution >= 0.6 is 0 Å². The maximum absolute atomic E-state index is 12.8. The quantitative estimate of drug-likeness (QED) is 0.903. The second-order valence-corrected chi connectivity index (χ2v) is 4.69. The Kier molecular flexibility index (Phi) is 3.43. The molecule has 0 unspecified atom stereocenters. The van der Waals surface area contributed by atoms with Crippen molar-refractivity contribution in [1.29, 1.82) is 0 Å². The molecule has 0 aliphatic heterocycles. The van der Waals surface area contributed by atoms with Crippen LogP contribution in [-0.4, -0.2) is 17.2 Å². The van der Waals surface area contributed by atoms with Gasteiger partial charge in [0.15, 0.2) is 5.82 Å². The molecule has 1 N–H and O–H groups in total. The van der Waals surface area contributed by atoms with Crippen molar-refractivity contribution in [1.82, 2.24) is 15.5 Å². The van der Waals surface area contributed by atoms with Crippen LogP contribution in [-0.2, 0) is 12.0 Å². The van der Waals surface area contributed by atoms with Gasteiger partial charge >= 0.3 is 0 Å². The molecule has 0 radical (unpaired) electrons. The van der Waals surface area contributed by atoms with Gasteiger partial charge in [-0.05, 0) is 38.6 Å². The van der Waals surface area contributed by atoms with Gasteiger partial charge < -0.3 is 9.84 Å². The molecule has 2 rings (SSSR count). The minimum Gasteiger partial charge on any atom is -0.337 e. The number of benzene rings is 1. The molecule has 0 saturated heterocycles. The van der Waals surface area contributed by atoms with Crippen molar-refractivity contribution >= 4 is 0 Å². The number of hydrogen-bond acceptors (Lipinski definition) is 4. The van der Waals surface area contributed by atoms with E-state index < -0.39 is 0 Å². The number of halogens is 1. The van der Waals surface area contributed by atoms with E-state index >= 15 is 0 Å². The lowest BCUT2D eigenvalue weighted by Crippen LogP contribution is -2.33. The second-order valence-electron chi connectivity index (χ2n) is 4.69. The molecule has 96 valence electrons. The van der Waals surface area contributed by atoms with Crippen LogP contribution < -0.4 is 5.32 Å². The Hall–Kier alpha value is -1.75. The molecule has 1 aromatic heterocycles. The molecule has 0 aliphatic rings. The predicted octanol–water partition coefficient (Wildman–Crippen LogP) is 2.25. The van der Waals surface area contributed by atoms with E-state index in [-0.39, 0.29) is 11.4 Å². The Labute approximate surface area is 105 Å². The van der Waals surface area contributed by atoms with Crippen LogP contribution in [0.2, 0.25) is 0 Å². The highest BCUT2D eigenvalue weighted by Gasteiger charge is 2.25. The Bertz CT molecular complexity index is 519. The third-order valence-corrected chi connectivity index (χ3v) is 2.90. The molecule has 0 saturated carbocycles. The van der Waals surface area contributed by atoms with Gasteiger partial charge in [-0.3, -0.25) is 0 Å². The number of nitrogens with one attached hydrogen (secondary N) is 1. The lowest BCUT2D eigenvalue weighted by Gasteiger charge is -2.17. The van der Waals surface area contributed by atoms with Gasteiger partial charge in [0.2, 0.25) is 5.89 Å². The number of nitrogens with zero attached hydrogens (tertiary/aromatic N) is 2. The van der Waals surface area contributed by atoms with Crippen molar-refractivity contribution in [3.63, 3.8) is 0 Å². The van der Waals surface area contributed by atoms with Gasteiger partial charge in [-0.25, -0.2) is 4.39 Å². The summed E-state index contributed by atoms with van der Waals surface area (Å²) in [5.41, 5.74) is 0.597. The highest BCUT2D eigenvalue weighted by atomic mass is 19.1. The van der Waals surface area contributed by atoms with Gasteiger partial charge in [0, 0.05) is 6.42 Å². The SMILES string of the molecule is CNC(C)(C)c1nc(Cc2ccc(F)cc2)no1. The first-order valence-corrected chi connectivity index (χ1v) is 5.77. The first kappa shape index (κ1) is 12.7. The van der Waals surface area contributed by atoms with Gasteiger partial charge in [0.25, 0.3) is 0 Å². The maximum Gasteiger partial charge on any atom is 0.246 e. The number of aromatic nitrogens is 2. The summed E-state index contributed by atoms with van der Waals surface area (Å²) in [4.78, 5) is 4.34. The summed E-state index contributed by atoms with van der Waals surface area (Å²) in [5, 5.41) is 7.02. The zero-order valence-corrected chi connectivity index (χ0v) is 10.7. The fourth-order valence-electron chi connectivity index (χ4n) is 1.47. The first-order chi connectivity index (χ1) is 8.51. The summed E-state index contributed by atoms with van der Waals surface area (Å²) in [5.74, 6) is 0.894. The van der Waals surface area contributed by atoms with Gasteiger partial charge in [0.05, 0.1) is 5.54 Å². The highest BCUT2D eigenvalue weighted by molar-refractivity contribution is 5.19. The highest BCUT2D eigenvalue weighted by Crippen LogP contribution is 2.18. The largest absolute Gasteiger partial charge is 0.337 e. The van der Waals surface area contributed by atoms with Crippen LogP contribution in [0.3, 0.4) is 0 Å². The maximum atomic E-state index is 12.8. The molecule has 1 aromatic carbocycles. The van der Waals surface area contributed by atoms with Crippen LogP contribution in [0.5, 0.6) is 0 Å². The van der Waals surface area contributed by atoms with Gasteiger partial charge in [-0.1, -0.05) is 17.3 Å². The Balaban J connectivity index is 2.14. The summed E-state index contributed by atoms with van der Waals surface area (Å²) >= 11 is 0. The zero-order chi connectivity index (χ0) is 13.2. The Morgan fingerprint density at radius 2 is 1.94 bits per heavy atom. The van der Waals surface area contributed by atoms with Crippen LogP contribution in [0.15, 0.2) is 28.8 Å². The lowest BCUT2D eigenvalue weighted by atomic mass is 10.1. The van der Waals surface area contributed by atoms with E-state index in [9.17, 15) is 4.39 Å². The van der Waals surface area contributed by atoms with Gasteiger partial charge in [0.1, 0.15) is 5.82 Å². The van der Waals surface area contributed by atoms with E-state index in [1.165, 1.54) is 12.1 Å². The monoisotopic (exact) mass is 249 g/mol. The van der Waals surface area contributed by atoms with Crippen LogP contribution in [0.25, 0.3) is 0 Å². The third-order valence-electron chi connectivity index (χ3n) is 2.90. The Morgan fingerprint density at radius 3 is 2.56 bits per heavy atom. The Morgan fingerprint density at radius 1 is 1.28 bits per heavy atom. The average molecular weight is 249 g/mol. The van der Waals surface area contributed by atoms with E-state index in [0.29, 0.717) is 18.1 Å². The van der Waals surface area contributed by atoms with E-state index in [1.54, 1.807) is 12.1 Å². The van der Waals surface area contributed by atoms with E-state index in [0.717, 1.165) is 5.56 Å². The van der Waals surface area contributed by atoms with Crippen molar-refractivity contribution in [2.75, 3.05) is 7.05 Å². The van der Waals surface area contributed by atoms with Crippen molar-refractivity contribution < 1.29 is 8.91 Å². The van der Waals surface area contributed by atoms with Crippen LogP contribution in [0.1, 0.15) is 31.1 Å². The molecule has 5 heteroatoms. The zero-order valence-electron chi connectivity index (χ0n) is 10.7. The molecule has 2 aromatic rings. The fourth-order valence-corrected chi connectivity index (χ4v) is 1.47. The molecule has 0 aliphatic carbocycles. The molecule has 0 atom stereocenters. The van der Waals surface area contributed by atoms with Crippen molar-refractivity contribution in [3.05, 3.63) is 47.4 Å². The van der Waals surface area contributed by atoms with Crippen molar-refractivity contribution in [2.45, 2.75) is 25.8 Å². The second kappa shape index (κ2) is 4.86. The summed E-state index contributed by atoms with van der Waals surface area (Å²) < 4.78 is 18.0. The van der Waals surface area contributed by atoms with Crippen molar-refractivity contribution in [2.24, 2.45) is 0 Å². The third kappa shape index (κ3) is 2.73. The molecule has 18 heavy (non-hydrogen) atoms. The van der Waals surface area contributed by atoms with Crippen LogP contribution in [0.4, 0.5) is 4.39 Å². The molecular formula is C13H16FN3O. The molecule has 0 spiro atoms. The predicted molar refractivity (Wildman–Crippen MR) is 65.6 cm³/mol. The van der Waals surface area contributed by atoms with E-state index in [1.807, 2.05) is 20.9 Å². The van der Waals surface area contributed by atoms with E-state index in [4.69, 9.17) is 4.52 Å². The minimum atomic E-state index is -0.353. The topological polar surface area (TPSA) is 51.0 Å². The summed E-state index contributed by atoms with van der Waals surface area (Å²) in [6, 6.07) is 6.28. The smallest absolute Gasteiger partial charge is 0.246 e. The fraction of sp³-hybridized carbons (Fsp3) is 0.385. The van der Waals surface area contributed by atoms with Gasteiger partial charge in [-0.15, -0.1) is 0 Å². The van der Waals surface area contributed by atoms with Crippen molar-refractivity contribution in [3.8, 4) is 0 Å². The van der Waals surface area contributed by atoms with E-state index in [2.05, 4.69) is 15.5 Å². The summed E-state index contributed by atoms with van der Waals surface area (Å²) in [6.07, 6.45) is 0.531. The lowest BCUT2D eigenvalue weighted by molar-refractivity contribution is 0.279. The molecule has 0 amide bonds. The number of rotatable bonds is 4. The average Bonchev–Trinajstić information content (AvgIpc) is 2.81. The van der Waals surface area contributed by atoms with Crippen LogP contribution in [0, 0.1) is 5.82 Å². The van der Waals surface area contributed by atoms with Gasteiger partial charge in [-0.2, -0.15) is 4.98 Å². The summed E-state index contributed by atoms with van der Waals surface area (Å²) in [7, 11) is 1.84. The normalized spacial score (nSPS) is 11.8. The molecular weight excluding hydrogens is 233 g/mol.